The molecule has 2 heterocycles. The fourth-order valence-corrected chi connectivity index (χ4v) is 2.00. The van der Waals surface area contributed by atoms with Crippen LogP contribution >= 0.6 is 15.9 Å². The maximum absolute atomic E-state index is 5.50. The molecule has 2 aromatic rings. The Kier molecular flexibility index (Phi) is 3.88. The predicted molar refractivity (Wildman–Crippen MR) is 74.9 cm³/mol. The van der Waals surface area contributed by atoms with Crippen molar-refractivity contribution in [3.05, 3.63) is 34.1 Å². The third-order valence-electron chi connectivity index (χ3n) is 2.66. The molecule has 0 radical (unpaired) electrons. The van der Waals surface area contributed by atoms with E-state index in [0.717, 1.165) is 27.8 Å². The Morgan fingerprint density at radius 2 is 2.11 bits per heavy atom. The van der Waals surface area contributed by atoms with Gasteiger partial charge in [-0.15, -0.1) is 0 Å². The van der Waals surface area contributed by atoms with E-state index in [1.54, 1.807) is 6.20 Å². The Morgan fingerprint density at radius 1 is 1.33 bits per heavy atom. The SMILES string of the molecule is CCc1c(C)nc(-c2ccc(Br)cn2)nc1NN. The van der Waals surface area contributed by atoms with Crippen LogP contribution in [-0.4, -0.2) is 15.0 Å². The molecule has 0 aliphatic rings. The number of hydrogen-bond acceptors (Lipinski definition) is 5. The average Bonchev–Trinajstić information content (AvgIpc) is 2.38. The zero-order valence-corrected chi connectivity index (χ0v) is 11.8. The second-order valence-electron chi connectivity index (χ2n) is 3.82. The van der Waals surface area contributed by atoms with Gasteiger partial charge in [0, 0.05) is 21.9 Å². The van der Waals surface area contributed by atoms with E-state index in [2.05, 4.69) is 36.3 Å². The summed E-state index contributed by atoms with van der Waals surface area (Å²) in [4.78, 5) is 13.1. The molecule has 0 spiro atoms. The number of nitrogens with zero attached hydrogens (tertiary/aromatic N) is 3. The molecule has 0 saturated heterocycles. The molecule has 0 aliphatic heterocycles. The topological polar surface area (TPSA) is 76.7 Å². The number of anilines is 1. The minimum absolute atomic E-state index is 0.574. The van der Waals surface area contributed by atoms with E-state index in [1.807, 2.05) is 26.0 Å². The van der Waals surface area contributed by atoms with E-state index < -0.39 is 0 Å². The van der Waals surface area contributed by atoms with Gasteiger partial charge < -0.3 is 5.43 Å². The molecule has 0 unspecified atom stereocenters. The highest BCUT2D eigenvalue weighted by atomic mass is 79.9. The van der Waals surface area contributed by atoms with Gasteiger partial charge in [-0.05, 0) is 41.4 Å². The van der Waals surface area contributed by atoms with Gasteiger partial charge >= 0.3 is 0 Å². The number of hydrazine groups is 1. The fraction of sp³-hybridized carbons (Fsp3) is 0.250. The van der Waals surface area contributed by atoms with Crippen LogP contribution in [0.1, 0.15) is 18.2 Å². The van der Waals surface area contributed by atoms with E-state index in [0.29, 0.717) is 11.6 Å². The van der Waals surface area contributed by atoms with E-state index >= 15 is 0 Å². The Balaban J connectivity index is 2.52. The molecule has 2 aromatic heterocycles. The van der Waals surface area contributed by atoms with E-state index in [1.165, 1.54) is 0 Å². The van der Waals surface area contributed by atoms with Crippen LogP contribution in [0.4, 0.5) is 5.82 Å². The van der Waals surface area contributed by atoms with Gasteiger partial charge in [0.15, 0.2) is 5.82 Å². The summed E-state index contributed by atoms with van der Waals surface area (Å²) in [5.41, 5.74) is 5.29. The molecule has 94 valence electrons. The van der Waals surface area contributed by atoms with Crippen LogP contribution in [0.2, 0.25) is 0 Å². The highest BCUT2D eigenvalue weighted by Gasteiger charge is 2.11. The van der Waals surface area contributed by atoms with Crippen molar-refractivity contribution in [3.8, 4) is 11.5 Å². The first kappa shape index (κ1) is 12.9. The maximum atomic E-state index is 5.50. The number of aromatic nitrogens is 3. The first-order chi connectivity index (χ1) is 8.65. The van der Waals surface area contributed by atoms with E-state index in [4.69, 9.17) is 5.84 Å². The summed E-state index contributed by atoms with van der Waals surface area (Å²) in [6.07, 6.45) is 2.55. The van der Waals surface area contributed by atoms with Gasteiger partial charge in [0.2, 0.25) is 0 Å². The third kappa shape index (κ3) is 2.49. The van der Waals surface area contributed by atoms with Gasteiger partial charge in [-0.25, -0.2) is 15.8 Å². The monoisotopic (exact) mass is 307 g/mol. The van der Waals surface area contributed by atoms with Crippen LogP contribution in [-0.2, 0) is 6.42 Å². The molecule has 0 aromatic carbocycles. The molecule has 0 bridgehead atoms. The highest BCUT2D eigenvalue weighted by Crippen LogP contribution is 2.21. The molecular weight excluding hydrogens is 294 g/mol. The summed E-state index contributed by atoms with van der Waals surface area (Å²) >= 11 is 3.35. The summed E-state index contributed by atoms with van der Waals surface area (Å²) < 4.78 is 0.922. The van der Waals surface area contributed by atoms with Crippen LogP contribution in [0.15, 0.2) is 22.8 Å². The molecule has 0 fully saturated rings. The number of rotatable bonds is 3. The van der Waals surface area contributed by atoms with Crippen molar-refractivity contribution in [3.63, 3.8) is 0 Å². The summed E-state index contributed by atoms with van der Waals surface area (Å²) in [5, 5.41) is 0. The molecule has 18 heavy (non-hydrogen) atoms. The standard InChI is InChI=1S/C12H14BrN5/c1-3-9-7(2)16-12(17-11(9)18-14)10-5-4-8(13)6-15-10/h4-6H,3,14H2,1-2H3,(H,16,17,18). The van der Waals surface area contributed by atoms with Crippen LogP contribution in [0.5, 0.6) is 0 Å². The van der Waals surface area contributed by atoms with Gasteiger partial charge in [-0.2, -0.15) is 0 Å². The number of nitrogens with two attached hydrogens (primary N) is 1. The molecule has 6 heteroatoms. The first-order valence-electron chi connectivity index (χ1n) is 5.61. The van der Waals surface area contributed by atoms with Crippen molar-refractivity contribution >= 4 is 21.7 Å². The van der Waals surface area contributed by atoms with Gasteiger partial charge in [0.25, 0.3) is 0 Å². The minimum Gasteiger partial charge on any atom is -0.308 e. The zero-order chi connectivity index (χ0) is 13.1. The van der Waals surface area contributed by atoms with Crippen molar-refractivity contribution in [2.75, 3.05) is 5.43 Å². The number of halogens is 1. The lowest BCUT2D eigenvalue weighted by Crippen LogP contribution is -2.13. The number of nitrogens with one attached hydrogen (secondary N) is 1. The predicted octanol–water partition coefficient (Wildman–Crippen LogP) is 2.46. The summed E-state index contributed by atoms with van der Waals surface area (Å²) in [6.45, 7) is 3.99. The van der Waals surface area contributed by atoms with Gasteiger partial charge in [0.1, 0.15) is 11.5 Å². The second kappa shape index (κ2) is 5.41. The number of aryl methyl sites for hydroxylation is 1. The Bertz CT molecular complexity index is 553. The molecule has 5 nitrogen and oxygen atoms in total. The Morgan fingerprint density at radius 3 is 2.67 bits per heavy atom. The highest BCUT2D eigenvalue weighted by molar-refractivity contribution is 9.10. The Labute approximate surface area is 114 Å². The third-order valence-corrected chi connectivity index (χ3v) is 3.13. The van der Waals surface area contributed by atoms with Crippen LogP contribution in [0.3, 0.4) is 0 Å². The lowest BCUT2D eigenvalue weighted by atomic mass is 10.1. The fourth-order valence-electron chi connectivity index (χ4n) is 1.76. The molecule has 0 atom stereocenters. The van der Waals surface area contributed by atoms with Crippen molar-refractivity contribution in [2.24, 2.45) is 5.84 Å². The average molecular weight is 308 g/mol. The molecular formula is C12H14BrN5. The zero-order valence-electron chi connectivity index (χ0n) is 10.2. The number of pyridine rings is 1. The van der Waals surface area contributed by atoms with Gasteiger partial charge in [-0.3, -0.25) is 4.98 Å². The van der Waals surface area contributed by atoms with E-state index in [-0.39, 0.29) is 0 Å². The molecule has 0 saturated carbocycles. The van der Waals surface area contributed by atoms with Gasteiger partial charge in [0.05, 0.1) is 0 Å². The molecule has 2 rings (SSSR count). The smallest absolute Gasteiger partial charge is 0.180 e. The number of hydrogen-bond donors (Lipinski definition) is 2. The minimum atomic E-state index is 0.574. The van der Waals surface area contributed by atoms with Crippen molar-refractivity contribution < 1.29 is 0 Å². The lowest BCUT2D eigenvalue weighted by Gasteiger charge is -2.10. The Hall–Kier alpha value is -1.53. The van der Waals surface area contributed by atoms with Crippen molar-refractivity contribution in [1.82, 2.24) is 15.0 Å². The summed E-state index contributed by atoms with van der Waals surface area (Å²) in [7, 11) is 0. The summed E-state index contributed by atoms with van der Waals surface area (Å²) in [5.74, 6) is 6.73. The van der Waals surface area contributed by atoms with Crippen LogP contribution in [0.25, 0.3) is 11.5 Å². The molecule has 0 aliphatic carbocycles. The van der Waals surface area contributed by atoms with Crippen LogP contribution in [0, 0.1) is 6.92 Å². The summed E-state index contributed by atoms with van der Waals surface area (Å²) in [6, 6.07) is 3.77. The molecule has 0 amide bonds. The maximum Gasteiger partial charge on any atom is 0.180 e. The van der Waals surface area contributed by atoms with Gasteiger partial charge in [-0.1, -0.05) is 6.92 Å². The van der Waals surface area contributed by atoms with Crippen molar-refractivity contribution in [2.45, 2.75) is 20.3 Å². The van der Waals surface area contributed by atoms with Crippen molar-refractivity contribution in [1.29, 1.82) is 0 Å². The van der Waals surface area contributed by atoms with E-state index in [9.17, 15) is 0 Å². The number of nitrogen functional groups attached to an aromatic ring is 1. The second-order valence-corrected chi connectivity index (χ2v) is 4.74. The largest absolute Gasteiger partial charge is 0.308 e. The lowest BCUT2D eigenvalue weighted by molar-refractivity contribution is 0.988. The first-order valence-corrected chi connectivity index (χ1v) is 6.41. The van der Waals surface area contributed by atoms with Crippen LogP contribution < -0.4 is 11.3 Å². The normalized spacial score (nSPS) is 10.4. The molecule has 3 N–H and O–H groups in total. The quantitative estimate of drug-likeness (QED) is 0.673.